The van der Waals surface area contributed by atoms with Crippen LogP contribution in [0.3, 0.4) is 0 Å². The molecule has 0 spiro atoms. The average molecular weight is 477 g/mol. The number of anilines is 1. The third-order valence-electron chi connectivity index (χ3n) is 4.65. The van der Waals surface area contributed by atoms with Gasteiger partial charge < -0.3 is 10.6 Å². The smallest absolute Gasteiger partial charge is 0.354 e. The van der Waals surface area contributed by atoms with Gasteiger partial charge in [-0.05, 0) is 42.6 Å². The number of aryl methyl sites for hydroxylation is 1. The van der Waals surface area contributed by atoms with Crippen LogP contribution in [0.5, 0.6) is 0 Å². The fourth-order valence-corrected chi connectivity index (χ4v) is 3.75. The summed E-state index contributed by atoms with van der Waals surface area (Å²) >= 11 is 3.01. The lowest BCUT2D eigenvalue weighted by Crippen LogP contribution is -2.27. The van der Waals surface area contributed by atoms with Crippen molar-refractivity contribution < 1.29 is 22.8 Å². The van der Waals surface area contributed by atoms with E-state index < -0.39 is 29.7 Å². The number of aromatic nitrogens is 4. The van der Waals surface area contributed by atoms with E-state index in [2.05, 4.69) is 36.8 Å². The van der Waals surface area contributed by atoms with Crippen LogP contribution in [0.1, 0.15) is 60.5 Å². The van der Waals surface area contributed by atoms with Crippen LogP contribution in [-0.2, 0) is 17.5 Å². The minimum absolute atomic E-state index is 0.0231. The molecule has 1 atom stereocenters. The molecule has 2 amide bonds. The Labute approximate surface area is 172 Å². The highest BCUT2D eigenvalue weighted by molar-refractivity contribution is 9.10. The molecular weight excluding hydrogens is 457 g/mol. The van der Waals surface area contributed by atoms with Gasteiger partial charge in [-0.15, -0.1) is 0 Å². The first-order valence-corrected chi connectivity index (χ1v) is 9.83. The summed E-state index contributed by atoms with van der Waals surface area (Å²) in [7, 11) is 1.43. The van der Waals surface area contributed by atoms with E-state index in [0.717, 1.165) is 17.5 Å². The van der Waals surface area contributed by atoms with Crippen molar-refractivity contribution in [2.24, 2.45) is 0 Å². The Bertz CT molecular complexity index is 948. The van der Waals surface area contributed by atoms with E-state index in [1.807, 2.05) is 6.92 Å². The molecule has 2 aromatic heterocycles. The van der Waals surface area contributed by atoms with Crippen molar-refractivity contribution >= 4 is 33.4 Å². The predicted octanol–water partition coefficient (Wildman–Crippen LogP) is 3.32. The highest BCUT2D eigenvalue weighted by Gasteiger charge is 2.43. The summed E-state index contributed by atoms with van der Waals surface area (Å²) in [6.45, 7) is 3.75. The zero-order valence-electron chi connectivity index (χ0n) is 16.0. The number of nitrogens with one attached hydrogen (secondary N) is 2. The molecule has 0 saturated heterocycles. The molecule has 1 aliphatic rings. The normalized spacial score (nSPS) is 15.3. The fraction of sp³-hybridized carbons (Fsp3) is 0.529. The van der Waals surface area contributed by atoms with E-state index in [9.17, 15) is 22.8 Å². The Balaban J connectivity index is 1.92. The number of amides is 2. The van der Waals surface area contributed by atoms with Gasteiger partial charge in [0.25, 0.3) is 5.91 Å². The van der Waals surface area contributed by atoms with Crippen LogP contribution in [0.4, 0.5) is 18.9 Å². The summed E-state index contributed by atoms with van der Waals surface area (Å²) in [6.07, 6.45) is -1.67. The Morgan fingerprint density at radius 1 is 1.34 bits per heavy atom. The molecule has 2 heterocycles. The molecule has 2 N–H and O–H groups in total. The Morgan fingerprint density at radius 3 is 2.52 bits per heavy atom. The Hall–Kier alpha value is -2.37. The molecule has 12 heteroatoms. The van der Waals surface area contributed by atoms with Crippen molar-refractivity contribution in [1.82, 2.24) is 24.9 Å². The monoisotopic (exact) mass is 476 g/mol. The highest BCUT2D eigenvalue weighted by Crippen LogP contribution is 2.47. The predicted molar refractivity (Wildman–Crippen MR) is 102 cm³/mol. The first-order chi connectivity index (χ1) is 13.6. The molecule has 0 aromatic carbocycles. The number of halogens is 4. The average Bonchev–Trinajstić information content (AvgIpc) is 3.31. The molecule has 29 heavy (non-hydrogen) atoms. The van der Waals surface area contributed by atoms with Crippen molar-refractivity contribution in [2.75, 3.05) is 12.4 Å². The number of hydrogen-bond donors (Lipinski definition) is 2. The van der Waals surface area contributed by atoms with Gasteiger partial charge in [0.1, 0.15) is 6.04 Å². The molecule has 1 saturated carbocycles. The summed E-state index contributed by atoms with van der Waals surface area (Å²) in [5, 5.41) is 12.8. The van der Waals surface area contributed by atoms with Crippen molar-refractivity contribution in [3.8, 4) is 0 Å². The summed E-state index contributed by atoms with van der Waals surface area (Å²) in [4.78, 5) is 24.8. The molecule has 1 unspecified atom stereocenters. The van der Waals surface area contributed by atoms with Crippen molar-refractivity contribution in [1.29, 1.82) is 0 Å². The van der Waals surface area contributed by atoms with Gasteiger partial charge in [0, 0.05) is 25.7 Å². The summed E-state index contributed by atoms with van der Waals surface area (Å²) in [6, 6.07) is -1.03. The van der Waals surface area contributed by atoms with Gasteiger partial charge in [-0.3, -0.25) is 19.0 Å². The molecule has 1 fully saturated rings. The largest absolute Gasteiger partial charge is 0.436 e. The number of hydrogen-bond acceptors (Lipinski definition) is 4. The molecule has 0 radical (unpaired) electrons. The number of alkyl halides is 3. The molecular formula is C17H20BrF3N6O2. The van der Waals surface area contributed by atoms with Crippen LogP contribution in [0.25, 0.3) is 0 Å². The maximum Gasteiger partial charge on any atom is 0.436 e. The van der Waals surface area contributed by atoms with E-state index >= 15 is 0 Å². The zero-order chi connectivity index (χ0) is 21.5. The quantitative estimate of drug-likeness (QED) is 0.668. The molecule has 8 nitrogen and oxygen atoms in total. The van der Waals surface area contributed by atoms with Crippen molar-refractivity contribution in [3.63, 3.8) is 0 Å². The molecule has 158 valence electrons. The van der Waals surface area contributed by atoms with Gasteiger partial charge in [0.2, 0.25) is 5.91 Å². The minimum Gasteiger partial charge on any atom is -0.354 e. The summed E-state index contributed by atoms with van der Waals surface area (Å²) in [5.41, 5.74) is -0.493. The topological polar surface area (TPSA) is 93.8 Å². The number of rotatable bonds is 6. The van der Waals surface area contributed by atoms with Crippen molar-refractivity contribution in [2.45, 2.75) is 51.4 Å². The lowest BCUT2D eigenvalue weighted by atomic mass is 10.2. The van der Waals surface area contributed by atoms with Crippen LogP contribution in [-0.4, -0.2) is 38.4 Å². The van der Waals surface area contributed by atoms with Gasteiger partial charge in [-0.25, -0.2) is 0 Å². The van der Waals surface area contributed by atoms with Gasteiger partial charge in [-0.1, -0.05) is 0 Å². The lowest BCUT2D eigenvalue weighted by molar-refractivity contribution is -0.142. The van der Waals surface area contributed by atoms with Gasteiger partial charge in [0.15, 0.2) is 11.4 Å². The Kier molecular flexibility index (Phi) is 5.74. The third kappa shape index (κ3) is 4.16. The van der Waals surface area contributed by atoms with Crippen LogP contribution in [0.2, 0.25) is 0 Å². The second kappa shape index (κ2) is 7.81. The van der Waals surface area contributed by atoms with Gasteiger partial charge in [-0.2, -0.15) is 23.4 Å². The van der Waals surface area contributed by atoms with Gasteiger partial charge in [0.05, 0.1) is 15.9 Å². The van der Waals surface area contributed by atoms with Crippen LogP contribution >= 0.6 is 15.9 Å². The maximum atomic E-state index is 13.3. The summed E-state index contributed by atoms with van der Waals surface area (Å²) < 4.78 is 42.4. The fourth-order valence-electron chi connectivity index (χ4n) is 2.94. The van der Waals surface area contributed by atoms with E-state index in [1.165, 1.54) is 24.9 Å². The van der Waals surface area contributed by atoms with Gasteiger partial charge >= 0.3 is 6.18 Å². The zero-order valence-corrected chi connectivity index (χ0v) is 17.6. The number of carbonyl (C=O) groups is 2. The maximum absolute atomic E-state index is 13.3. The third-order valence-corrected chi connectivity index (χ3v) is 5.43. The van der Waals surface area contributed by atoms with E-state index in [0.29, 0.717) is 12.2 Å². The molecule has 2 aromatic rings. The lowest BCUT2D eigenvalue weighted by Gasteiger charge is -2.15. The second-order valence-corrected chi connectivity index (χ2v) is 7.55. The van der Waals surface area contributed by atoms with Crippen LogP contribution in [0.15, 0.2) is 10.7 Å². The summed E-state index contributed by atoms with van der Waals surface area (Å²) in [5.74, 6) is -1.16. The Morgan fingerprint density at radius 2 is 2.00 bits per heavy atom. The molecule has 1 aliphatic carbocycles. The van der Waals surface area contributed by atoms with E-state index in [-0.39, 0.29) is 21.8 Å². The molecule has 3 rings (SSSR count). The van der Waals surface area contributed by atoms with E-state index in [1.54, 1.807) is 0 Å². The second-order valence-electron chi connectivity index (χ2n) is 6.76. The first kappa shape index (κ1) is 21.3. The first-order valence-electron chi connectivity index (χ1n) is 9.03. The minimum atomic E-state index is -4.64. The van der Waals surface area contributed by atoms with Crippen molar-refractivity contribution in [3.05, 3.63) is 27.8 Å². The van der Waals surface area contributed by atoms with Crippen LogP contribution in [0, 0.1) is 0 Å². The number of nitrogens with zero attached hydrogens (tertiary/aromatic N) is 4. The molecule has 0 aliphatic heterocycles. The molecule has 0 bridgehead atoms. The van der Waals surface area contributed by atoms with Crippen LogP contribution < -0.4 is 10.6 Å². The van der Waals surface area contributed by atoms with E-state index in [4.69, 9.17) is 0 Å². The standard InChI is InChI=1S/C17H20BrF3N6O2/c1-4-26-7-10(12(24-26)16(29)22-3)23-15(28)8(2)27-13(9-5-6-9)11(18)14(25-27)17(19,20)21/h7-9H,4-6H2,1-3H3,(H,22,29)(H,23,28). The highest BCUT2D eigenvalue weighted by atomic mass is 79.9. The SMILES string of the molecule is CCn1cc(NC(=O)C(C)n2nc(C(F)(F)F)c(Br)c2C2CC2)c(C(=O)NC)n1. The number of carbonyl (C=O) groups excluding carboxylic acids is 2.